The van der Waals surface area contributed by atoms with Gasteiger partial charge in [-0.15, -0.1) is 0 Å². The van der Waals surface area contributed by atoms with Crippen LogP contribution >= 0.6 is 0 Å². The van der Waals surface area contributed by atoms with E-state index in [0.717, 1.165) is 25.2 Å². The first kappa shape index (κ1) is 25.8. The van der Waals surface area contributed by atoms with Crippen LogP contribution in [-0.4, -0.2) is 51.6 Å². The molecule has 0 saturated heterocycles. The summed E-state index contributed by atoms with van der Waals surface area (Å²) < 4.78 is 11.2. The molecule has 1 atom stereocenters. The Hall–Kier alpha value is -2.77. The Bertz CT molecular complexity index is 958. The van der Waals surface area contributed by atoms with E-state index < -0.39 is 5.60 Å². The second-order valence-corrected chi connectivity index (χ2v) is 10.5. The van der Waals surface area contributed by atoms with Crippen molar-refractivity contribution in [3.8, 4) is 11.5 Å². The number of amides is 1. The van der Waals surface area contributed by atoms with Crippen LogP contribution in [0.1, 0.15) is 101 Å². The molecule has 2 heterocycles. The maximum absolute atomic E-state index is 12.6. The maximum Gasteiger partial charge on any atom is 0.307 e. The average Bonchev–Trinajstić information content (AvgIpc) is 3.28. The first-order chi connectivity index (χ1) is 16.1. The van der Waals surface area contributed by atoms with Gasteiger partial charge in [-0.1, -0.05) is 50.1 Å². The lowest BCUT2D eigenvalue weighted by Gasteiger charge is -2.23. The molecule has 0 aromatic carbocycles. The van der Waals surface area contributed by atoms with Crippen LogP contribution in [0.3, 0.4) is 0 Å². The molecule has 1 aliphatic rings. The Labute approximate surface area is 202 Å². The summed E-state index contributed by atoms with van der Waals surface area (Å²) >= 11 is 0. The number of nitrogens with zero attached hydrogens (tertiary/aromatic N) is 4. The Kier molecular flexibility index (Phi) is 8.80. The molecule has 8 nitrogen and oxygen atoms in total. The molecule has 2 aromatic rings. The van der Waals surface area contributed by atoms with Gasteiger partial charge in [0.05, 0.1) is 6.42 Å². The van der Waals surface area contributed by atoms with Gasteiger partial charge in [0.2, 0.25) is 11.7 Å². The van der Waals surface area contributed by atoms with Crippen molar-refractivity contribution in [3.63, 3.8) is 0 Å². The Morgan fingerprint density at radius 3 is 2.62 bits per heavy atom. The SMILES string of the molecule is CN(C)C(=O)c1ccnc(-c2noc(C(CCCC3CCCCC3)CC(=O)OC(C)(C)C)n2)c1. The highest BCUT2D eigenvalue weighted by Crippen LogP contribution is 2.32. The topological polar surface area (TPSA) is 98.4 Å². The largest absolute Gasteiger partial charge is 0.460 e. The molecule has 1 unspecified atom stereocenters. The van der Waals surface area contributed by atoms with Crippen LogP contribution in [0.25, 0.3) is 11.5 Å². The molecule has 1 fully saturated rings. The van der Waals surface area contributed by atoms with Crippen LogP contribution < -0.4 is 0 Å². The highest BCUT2D eigenvalue weighted by molar-refractivity contribution is 5.94. The number of esters is 1. The zero-order chi connectivity index (χ0) is 24.7. The number of ether oxygens (including phenoxy) is 1. The molecule has 186 valence electrons. The molecular formula is C26H38N4O4. The second kappa shape index (κ2) is 11.6. The number of pyridine rings is 1. The van der Waals surface area contributed by atoms with Gasteiger partial charge in [-0.2, -0.15) is 4.98 Å². The van der Waals surface area contributed by atoms with Crippen molar-refractivity contribution >= 4 is 11.9 Å². The molecule has 0 spiro atoms. The van der Waals surface area contributed by atoms with E-state index in [9.17, 15) is 9.59 Å². The first-order valence-corrected chi connectivity index (χ1v) is 12.4. The van der Waals surface area contributed by atoms with Gasteiger partial charge >= 0.3 is 5.97 Å². The second-order valence-electron chi connectivity index (χ2n) is 10.5. The zero-order valence-electron chi connectivity index (χ0n) is 21.2. The van der Waals surface area contributed by atoms with Crippen molar-refractivity contribution in [2.24, 2.45) is 5.92 Å². The summed E-state index contributed by atoms with van der Waals surface area (Å²) in [5, 5.41) is 4.11. The molecule has 3 rings (SSSR count). The molecule has 0 aliphatic heterocycles. The predicted molar refractivity (Wildman–Crippen MR) is 129 cm³/mol. The van der Waals surface area contributed by atoms with E-state index in [-0.39, 0.29) is 24.2 Å². The number of aromatic nitrogens is 3. The Balaban J connectivity index is 1.74. The summed E-state index contributed by atoms with van der Waals surface area (Å²) in [7, 11) is 3.40. The third-order valence-electron chi connectivity index (χ3n) is 6.16. The fourth-order valence-corrected chi connectivity index (χ4v) is 4.48. The van der Waals surface area contributed by atoms with Crippen molar-refractivity contribution in [2.75, 3.05) is 14.1 Å². The van der Waals surface area contributed by atoms with Crippen molar-refractivity contribution in [1.29, 1.82) is 0 Å². The molecule has 2 aromatic heterocycles. The maximum atomic E-state index is 12.6. The van der Waals surface area contributed by atoms with Crippen LogP contribution in [0.2, 0.25) is 0 Å². The van der Waals surface area contributed by atoms with Crippen LogP contribution in [0.5, 0.6) is 0 Å². The van der Waals surface area contributed by atoms with E-state index in [4.69, 9.17) is 9.26 Å². The van der Waals surface area contributed by atoms with E-state index in [1.165, 1.54) is 37.0 Å². The molecular weight excluding hydrogens is 432 g/mol. The van der Waals surface area contributed by atoms with E-state index >= 15 is 0 Å². The Morgan fingerprint density at radius 1 is 1.21 bits per heavy atom. The standard InChI is InChI=1S/C26H38N4O4/c1-26(2,3)33-22(31)17-19(13-9-12-18-10-7-6-8-11-18)24-28-23(29-34-24)21-16-20(14-15-27-21)25(32)30(4)5/h14-16,18-19H,6-13,17H2,1-5H3. The summed E-state index contributed by atoms with van der Waals surface area (Å²) in [4.78, 5) is 35.3. The molecule has 34 heavy (non-hydrogen) atoms. The molecule has 1 amide bonds. The van der Waals surface area contributed by atoms with Gasteiger partial charge in [-0.05, 0) is 45.2 Å². The summed E-state index contributed by atoms with van der Waals surface area (Å²) in [5.74, 6) is 0.881. The lowest BCUT2D eigenvalue weighted by Crippen LogP contribution is -2.25. The minimum Gasteiger partial charge on any atom is -0.460 e. The smallest absolute Gasteiger partial charge is 0.307 e. The monoisotopic (exact) mass is 470 g/mol. The van der Waals surface area contributed by atoms with E-state index in [2.05, 4.69) is 15.1 Å². The first-order valence-electron chi connectivity index (χ1n) is 12.4. The van der Waals surface area contributed by atoms with Crippen molar-refractivity contribution in [1.82, 2.24) is 20.0 Å². The van der Waals surface area contributed by atoms with Gasteiger partial charge in [0.1, 0.15) is 11.3 Å². The molecule has 1 saturated carbocycles. The van der Waals surface area contributed by atoms with Crippen molar-refractivity contribution < 1.29 is 18.8 Å². The highest BCUT2D eigenvalue weighted by Gasteiger charge is 2.27. The lowest BCUT2D eigenvalue weighted by molar-refractivity contribution is -0.155. The number of carbonyl (C=O) groups is 2. The lowest BCUT2D eigenvalue weighted by atomic mass is 9.84. The van der Waals surface area contributed by atoms with Gasteiger partial charge in [0.25, 0.3) is 5.91 Å². The van der Waals surface area contributed by atoms with Crippen LogP contribution in [0.15, 0.2) is 22.9 Å². The summed E-state index contributed by atoms with van der Waals surface area (Å²) in [6.07, 6.45) is 11.3. The molecule has 0 bridgehead atoms. The van der Waals surface area contributed by atoms with Crippen LogP contribution in [0, 0.1) is 5.92 Å². The number of rotatable bonds is 9. The van der Waals surface area contributed by atoms with Gasteiger partial charge < -0.3 is 14.2 Å². The normalized spacial score (nSPS) is 15.7. The van der Waals surface area contributed by atoms with Gasteiger partial charge in [0, 0.05) is 31.8 Å². The quantitative estimate of drug-likeness (QED) is 0.453. The van der Waals surface area contributed by atoms with Gasteiger partial charge in [0.15, 0.2) is 0 Å². The van der Waals surface area contributed by atoms with Crippen molar-refractivity contribution in [2.45, 2.75) is 90.1 Å². The minimum atomic E-state index is -0.549. The number of carbonyl (C=O) groups excluding carboxylic acids is 2. The van der Waals surface area contributed by atoms with Crippen molar-refractivity contribution in [3.05, 3.63) is 29.8 Å². The van der Waals surface area contributed by atoms with Gasteiger partial charge in [-0.25, -0.2) is 0 Å². The third kappa shape index (κ3) is 7.64. The van der Waals surface area contributed by atoms with E-state index in [0.29, 0.717) is 23.0 Å². The predicted octanol–water partition coefficient (Wildman–Crippen LogP) is 5.40. The number of hydrogen-bond acceptors (Lipinski definition) is 7. The minimum absolute atomic E-state index is 0.127. The fourth-order valence-electron chi connectivity index (χ4n) is 4.48. The van der Waals surface area contributed by atoms with E-state index in [1.807, 2.05) is 20.8 Å². The summed E-state index contributed by atoms with van der Waals surface area (Å²) in [5.41, 5.74) is 0.410. The van der Waals surface area contributed by atoms with Crippen LogP contribution in [-0.2, 0) is 9.53 Å². The average molecular weight is 471 g/mol. The third-order valence-corrected chi connectivity index (χ3v) is 6.16. The molecule has 1 aliphatic carbocycles. The van der Waals surface area contributed by atoms with Crippen LogP contribution in [0.4, 0.5) is 0 Å². The molecule has 0 N–H and O–H groups in total. The molecule has 0 radical (unpaired) electrons. The fraction of sp³-hybridized carbons (Fsp3) is 0.654. The molecule has 8 heteroatoms. The zero-order valence-corrected chi connectivity index (χ0v) is 21.2. The summed E-state index contributed by atoms with van der Waals surface area (Å²) in [6.45, 7) is 5.59. The number of hydrogen-bond donors (Lipinski definition) is 0. The summed E-state index contributed by atoms with van der Waals surface area (Å²) in [6, 6.07) is 3.31. The van der Waals surface area contributed by atoms with E-state index in [1.54, 1.807) is 32.4 Å². The highest BCUT2D eigenvalue weighted by atomic mass is 16.6. The Morgan fingerprint density at radius 2 is 1.94 bits per heavy atom. The van der Waals surface area contributed by atoms with Gasteiger partial charge in [-0.3, -0.25) is 14.6 Å².